The SMILES string of the molecule is O=C(O)CC(NCC(O)C(F)(F)F)(c1cc(F)cc(C(F)(F)F)c1)c1ccc(Cl)cn1. The number of hydrogen-bond acceptors (Lipinski definition) is 4. The number of aliphatic hydroxyl groups is 1. The number of rotatable bonds is 7. The number of nitrogens with zero attached hydrogens (tertiary/aromatic N) is 1. The molecule has 2 aromatic rings. The van der Waals surface area contributed by atoms with Gasteiger partial charge in [0.2, 0.25) is 0 Å². The van der Waals surface area contributed by atoms with E-state index in [0.29, 0.717) is 12.1 Å². The van der Waals surface area contributed by atoms with Crippen molar-refractivity contribution in [3.8, 4) is 0 Å². The first kappa shape index (κ1) is 24.8. The number of hydrogen-bond donors (Lipinski definition) is 3. The Balaban J connectivity index is 2.74. The first-order valence-corrected chi connectivity index (χ1v) is 8.75. The van der Waals surface area contributed by atoms with E-state index in [1.807, 2.05) is 0 Å². The zero-order chi connectivity index (χ0) is 23.6. The lowest BCUT2D eigenvalue weighted by atomic mass is 9.81. The first-order chi connectivity index (χ1) is 14.1. The van der Waals surface area contributed by atoms with Crippen molar-refractivity contribution in [1.82, 2.24) is 10.3 Å². The summed E-state index contributed by atoms with van der Waals surface area (Å²) in [6.45, 7) is -1.32. The number of aromatic nitrogens is 1. The second-order valence-corrected chi connectivity index (χ2v) is 6.94. The number of benzene rings is 1. The molecule has 0 spiro atoms. The Morgan fingerprint density at radius 1 is 1.10 bits per heavy atom. The van der Waals surface area contributed by atoms with E-state index in [1.165, 1.54) is 6.07 Å². The monoisotopic (exact) mass is 474 g/mol. The lowest BCUT2D eigenvalue weighted by Gasteiger charge is -2.35. The van der Waals surface area contributed by atoms with Gasteiger partial charge in [-0.1, -0.05) is 11.6 Å². The molecular formula is C18H14ClF7N2O3. The molecule has 2 unspecified atom stereocenters. The van der Waals surface area contributed by atoms with Crippen LogP contribution in [0, 0.1) is 5.82 Å². The molecule has 0 radical (unpaired) electrons. The van der Waals surface area contributed by atoms with Gasteiger partial charge in [-0.05, 0) is 35.9 Å². The Morgan fingerprint density at radius 2 is 1.71 bits per heavy atom. The first-order valence-electron chi connectivity index (χ1n) is 8.37. The van der Waals surface area contributed by atoms with Crippen molar-refractivity contribution in [3.63, 3.8) is 0 Å². The van der Waals surface area contributed by atoms with Crippen LogP contribution in [-0.4, -0.2) is 40.0 Å². The average Bonchev–Trinajstić information content (AvgIpc) is 2.63. The second kappa shape index (κ2) is 8.97. The maximum atomic E-state index is 14.0. The number of pyridine rings is 1. The molecule has 3 N–H and O–H groups in total. The molecule has 0 aliphatic carbocycles. The summed E-state index contributed by atoms with van der Waals surface area (Å²) in [6.07, 6.45) is -13.3. The number of alkyl halides is 6. The molecule has 0 fully saturated rings. The van der Waals surface area contributed by atoms with Crippen molar-refractivity contribution in [2.45, 2.75) is 30.4 Å². The van der Waals surface area contributed by atoms with Gasteiger partial charge in [0, 0.05) is 12.7 Å². The molecule has 0 aliphatic rings. The zero-order valence-electron chi connectivity index (χ0n) is 15.2. The van der Waals surface area contributed by atoms with Gasteiger partial charge >= 0.3 is 18.3 Å². The fourth-order valence-electron chi connectivity index (χ4n) is 2.84. The summed E-state index contributed by atoms with van der Waals surface area (Å²) < 4.78 is 92.0. The van der Waals surface area contributed by atoms with Crippen LogP contribution < -0.4 is 5.32 Å². The van der Waals surface area contributed by atoms with Crippen molar-refractivity contribution < 1.29 is 45.7 Å². The molecule has 170 valence electrons. The van der Waals surface area contributed by atoms with Crippen molar-refractivity contribution in [1.29, 1.82) is 0 Å². The van der Waals surface area contributed by atoms with Gasteiger partial charge in [-0.3, -0.25) is 15.1 Å². The topological polar surface area (TPSA) is 82.5 Å². The van der Waals surface area contributed by atoms with E-state index in [0.717, 1.165) is 12.3 Å². The summed E-state index contributed by atoms with van der Waals surface area (Å²) in [7, 11) is 0. The van der Waals surface area contributed by atoms with Gasteiger partial charge < -0.3 is 10.2 Å². The minimum Gasteiger partial charge on any atom is -0.481 e. The lowest BCUT2D eigenvalue weighted by Crippen LogP contribution is -2.51. The maximum Gasteiger partial charge on any atom is 0.416 e. The predicted molar refractivity (Wildman–Crippen MR) is 93.7 cm³/mol. The number of halogens is 8. The van der Waals surface area contributed by atoms with E-state index in [9.17, 15) is 45.7 Å². The zero-order valence-corrected chi connectivity index (χ0v) is 16.0. The molecule has 1 aromatic heterocycles. The molecule has 1 aromatic carbocycles. The van der Waals surface area contributed by atoms with Crippen LogP contribution in [0.1, 0.15) is 23.2 Å². The molecule has 2 atom stereocenters. The summed E-state index contributed by atoms with van der Waals surface area (Å²) in [4.78, 5) is 15.4. The third-order valence-electron chi connectivity index (χ3n) is 4.27. The van der Waals surface area contributed by atoms with Crippen LogP contribution in [-0.2, 0) is 16.5 Å². The van der Waals surface area contributed by atoms with E-state index in [1.54, 1.807) is 0 Å². The van der Waals surface area contributed by atoms with E-state index >= 15 is 0 Å². The summed E-state index contributed by atoms with van der Waals surface area (Å²) in [5, 5.41) is 20.9. The fourth-order valence-corrected chi connectivity index (χ4v) is 2.95. The number of aliphatic hydroxyl groups excluding tert-OH is 1. The van der Waals surface area contributed by atoms with Crippen LogP contribution in [0.5, 0.6) is 0 Å². The number of carbonyl (C=O) groups is 1. The van der Waals surface area contributed by atoms with E-state index < -0.39 is 59.9 Å². The number of carboxylic acids is 1. The number of aliphatic carboxylic acids is 1. The number of nitrogens with one attached hydrogen (secondary N) is 1. The van der Waals surface area contributed by atoms with E-state index in [4.69, 9.17) is 11.6 Å². The third-order valence-corrected chi connectivity index (χ3v) is 4.50. The van der Waals surface area contributed by atoms with Crippen LogP contribution in [0.3, 0.4) is 0 Å². The van der Waals surface area contributed by atoms with Crippen molar-refractivity contribution in [3.05, 3.63) is 64.2 Å². The van der Waals surface area contributed by atoms with E-state index in [2.05, 4.69) is 10.3 Å². The Hall–Kier alpha value is -2.44. The molecule has 5 nitrogen and oxygen atoms in total. The van der Waals surface area contributed by atoms with Crippen LogP contribution in [0.2, 0.25) is 5.02 Å². The Bertz CT molecular complexity index is 935. The van der Waals surface area contributed by atoms with Crippen molar-refractivity contribution in [2.24, 2.45) is 0 Å². The highest BCUT2D eigenvalue weighted by molar-refractivity contribution is 6.30. The Morgan fingerprint density at radius 3 is 2.19 bits per heavy atom. The van der Waals surface area contributed by atoms with Crippen molar-refractivity contribution >= 4 is 17.6 Å². The third kappa shape index (κ3) is 6.05. The smallest absolute Gasteiger partial charge is 0.416 e. The van der Waals surface area contributed by atoms with Gasteiger partial charge in [0.25, 0.3) is 0 Å². The highest BCUT2D eigenvalue weighted by Crippen LogP contribution is 2.38. The minimum absolute atomic E-state index is 0.0403. The second-order valence-electron chi connectivity index (χ2n) is 6.50. The Kier molecular flexibility index (Phi) is 7.18. The molecule has 13 heteroatoms. The van der Waals surface area contributed by atoms with Gasteiger partial charge in [-0.15, -0.1) is 0 Å². The molecule has 0 aliphatic heterocycles. The molecule has 31 heavy (non-hydrogen) atoms. The molecule has 2 rings (SSSR count). The van der Waals surface area contributed by atoms with Gasteiger partial charge in [0.05, 0.1) is 28.2 Å². The standard InChI is InChI=1S/C18H14ClF7N2O3/c19-11-1-2-13(27-7-11)16(6-15(30)31,28-8-14(29)18(24,25)26)9-3-10(17(21,22)23)5-12(20)4-9/h1-5,7,14,28-29H,6,8H2,(H,30,31). The molecule has 0 amide bonds. The lowest BCUT2D eigenvalue weighted by molar-refractivity contribution is -0.202. The summed E-state index contributed by atoms with van der Waals surface area (Å²) in [5.74, 6) is -3.06. The molecule has 0 saturated heterocycles. The summed E-state index contributed by atoms with van der Waals surface area (Å²) in [6, 6.07) is 3.33. The van der Waals surface area contributed by atoms with Gasteiger partial charge in [0.1, 0.15) is 5.82 Å². The van der Waals surface area contributed by atoms with Crippen LogP contribution >= 0.6 is 11.6 Å². The highest BCUT2D eigenvalue weighted by atomic mass is 35.5. The molecular weight excluding hydrogens is 461 g/mol. The molecule has 0 bridgehead atoms. The quantitative estimate of drug-likeness (QED) is 0.526. The largest absolute Gasteiger partial charge is 0.481 e. The van der Waals surface area contributed by atoms with Crippen molar-refractivity contribution in [2.75, 3.05) is 6.54 Å². The summed E-state index contributed by atoms with van der Waals surface area (Å²) in [5.41, 5.74) is -4.88. The normalized spacial score (nSPS) is 15.4. The average molecular weight is 475 g/mol. The van der Waals surface area contributed by atoms with Gasteiger partial charge in [-0.25, -0.2) is 4.39 Å². The van der Waals surface area contributed by atoms with Crippen LogP contribution in [0.15, 0.2) is 36.5 Å². The van der Waals surface area contributed by atoms with Crippen LogP contribution in [0.4, 0.5) is 30.7 Å². The Labute approximate surface area is 175 Å². The predicted octanol–water partition coefficient (Wildman–Crippen LogP) is 4.12. The summed E-state index contributed by atoms with van der Waals surface area (Å²) >= 11 is 5.71. The van der Waals surface area contributed by atoms with E-state index in [-0.39, 0.29) is 16.8 Å². The van der Waals surface area contributed by atoms with Gasteiger partial charge in [-0.2, -0.15) is 26.3 Å². The minimum atomic E-state index is -5.12. The molecule has 0 saturated carbocycles. The molecule has 1 heterocycles. The van der Waals surface area contributed by atoms with Crippen LogP contribution in [0.25, 0.3) is 0 Å². The van der Waals surface area contributed by atoms with Gasteiger partial charge in [0.15, 0.2) is 6.10 Å². The number of carboxylic acid groups (broad SMARTS) is 1. The highest BCUT2D eigenvalue weighted by Gasteiger charge is 2.44. The fraction of sp³-hybridized carbons (Fsp3) is 0.333. The maximum absolute atomic E-state index is 14.0.